The molecule has 0 saturated heterocycles. The fourth-order valence-electron chi connectivity index (χ4n) is 0. The van der Waals surface area contributed by atoms with E-state index in [1.807, 2.05) is 0 Å². The van der Waals surface area contributed by atoms with Crippen LogP contribution in [0.3, 0.4) is 0 Å². The van der Waals surface area contributed by atoms with Gasteiger partial charge in [0.1, 0.15) is 0 Å². The van der Waals surface area contributed by atoms with E-state index in [2.05, 4.69) is 0 Å². The van der Waals surface area contributed by atoms with E-state index in [0.717, 1.165) is 0 Å². The molecule has 0 heterocycles. The first-order valence-corrected chi connectivity index (χ1v) is 2.23. The third kappa shape index (κ3) is 15700. The predicted octanol–water partition coefficient (Wildman–Crippen LogP) is -1.61. The fourth-order valence-corrected chi connectivity index (χ4v) is 0. The molecule has 0 aliphatic rings. The third-order valence-electron chi connectivity index (χ3n) is 0. The molecule has 0 aromatic heterocycles. The summed E-state index contributed by atoms with van der Waals surface area (Å²) in [5.74, 6) is 0. The van der Waals surface area contributed by atoms with Crippen LogP contribution in [0.15, 0.2) is 0 Å². The minimum absolute atomic E-state index is 0.194. The Balaban J connectivity index is 0. The summed E-state index contributed by atoms with van der Waals surface area (Å²) in [5.41, 5.74) is 0. The van der Waals surface area contributed by atoms with Gasteiger partial charge in [-0.05, 0) is 0 Å². The van der Waals surface area contributed by atoms with Gasteiger partial charge in [-0.15, -0.1) is 0 Å². The molecular formula is CHBiO4. The number of rotatable bonds is 0. The molecule has 0 amide bonds. The second-order valence-corrected chi connectivity index (χ2v) is 0.266. The molecule has 2 radical (unpaired) electrons. The van der Waals surface area contributed by atoms with Crippen LogP contribution >= 0.6 is 0 Å². The molecule has 0 unspecified atom stereocenters. The van der Waals surface area contributed by atoms with Gasteiger partial charge in [-0.1, -0.05) is 0 Å². The van der Waals surface area contributed by atoms with Gasteiger partial charge >= 0.3 is 27.5 Å². The van der Waals surface area contributed by atoms with Crippen molar-refractivity contribution in [3.63, 3.8) is 0 Å². The molecule has 34 valence electrons. The van der Waals surface area contributed by atoms with Gasteiger partial charge in [-0.25, -0.2) is 0 Å². The van der Waals surface area contributed by atoms with Crippen LogP contribution in [-0.4, -0.2) is 36.0 Å². The Hall–Kier alpha value is -0.0469. The molecule has 0 aromatic carbocycles. The van der Waals surface area contributed by atoms with Crippen molar-refractivity contribution < 1.29 is 17.8 Å². The minimum atomic E-state index is -2.08. The van der Waals surface area contributed by atoms with E-state index in [4.69, 9.17) is 17.8 Å². The van der Waals surface area contributed by atoms with Gasteiger partial charge in [0.05, 0.1) is 0 Å². The molecule has 0 rings (SSSR count). The molecular weight excluding hydrogens is 285 g/mol. The van der Waals surface area contributed by atoms with E-state index in [9.17, 15) is 0 Å². The molecule has 0 saturated carbocycles. The Labute approximate surface area is 49.1 Å². The second kappa shape index (κ2) is 8.88. The zero-order valence-corrected chi connectivity index (χ0v) is 6.10. The summed E-state index contributed by atoms with van der Waals surface area (Å²) < 4.78 is 8.36. The molecule has 0 fully saturated rings. The molecule has 0 spiro atoms. The first-order valence-electron chi connectivity index (χ1n) is 0.814. The summed E-state index contributed by atoms with van der Waals surface area (Å²) in [5, 5.41) is 15.3. The Morgan fingerprint density at radius 2 is 1.67 bits per heavy atom. The number of carboxylic acid groups (broad SMARTS) is 2. The van der Waals surface area contributed by atoms with Crippen molar-refractivity contribution in [2.45, 2.75) is 0 Å². The van der Waals surface area contributed by atoms with E-state index in [-0.39, 0.29) is 24.7 Å². The molecule has 0 bridgehead atoms. The van der Waals surface area contributed by atoms with Crippen molar-refractivity contribution >= 4 is 30.9 Å². The van der Waals surface area contributed by atoms with Gasteiger partial charge in [-0.3, -0.25) is 0 Å². The van der Waals surface area contributed by atoms with Crippen LogP contribution < -0.4 is 5.11 Å². The Bertz CT molecular complexity index is 38.8. The molecule has 4 nitrogen and oxygen atoms in total. The molecule has 5 heteroatoms. The Kier molecular flexibility index (Phi) is 13.8. The Morgan fingerprint density at radius 3 is 1.67 bits per heavy atom. The van der Waals surface area contributed by atoms with Gasteiger partial charge in [-0.2, -0.15) is 0 Å². The average molecular weight is 286 g/mol. The number of hydrogen-bond acceptors (Lipinski definition) is 3. The number of hydrogen-bond donors (Lipinski definition) is 1. The van der Waals surface area contributed by atoms with Crippen molar-refractivity contribution in [1.29, 1.82) is 0 Å². The van der Waals surface area contributed by atoms with E-state index in [0.29, 0.717) is 0 Å². The summed E-state index contributed by atoms with van der Waals surface area (Å²) in [6.07, 6.45) is -2.08. The third-order valence-corrected chi connectivity index (χ3v) is 0. The van der Waals surface area contributed by atoms with Crippen LogP contribution in [0, 0.1) is 0 Å². The van der Waals surface area contributed by atoms with Crippen LogP contribution in [0.5, 0.6) is 0 Å². The van der Waals surface area contributed by atoms with Crippen molar-refractivity contribution in [3.05, 3.63) is 0 Å². The fraction of sp³-hybridized carbons (Fsp3) is 0. The topological polar surface area (TPSA) is 77.4 Å². The molecule has 6 heavy (non-hydrogen) atoms. The quantitative estimate of drug-likeness (QED) is 0.543. The van der Waals surface area contributed by atoms with Gasteiger partial charge in [0, 0.05) is 0 Å². The van der Waals surface area contributed by atoms with E-state index < -0.39 is 6.16 Å². The maximum absolute atomic E-state index is 8.44. The Morgan fingerprint density at radius 1 is 1.67 bits per heavy atom. The van der Waals surface area contributed by atoms with Crippen molar-refractivity contribution in [1.82, 2.24) is 0 Å². The van der Waals surface area contributed by atoms with Crippen LogP contribution in [0.2, 0.25) is 0 Å². The monoisotopic (exact) mass is 286 g/mol. The standard InChI is InChI=1S/CH2O3.Bi.O/c2-1(3)4;;/h(H2,2,3,4);;/q;+1;/p-1. The van der Waals surface area contributed by atoms with Crippen LogP contribution in [0.25, 0.3) is 0 Å². The van der Waals surface area contributed by atoms with Crippen LogP contribution in [0.4, 0.5) is 4.79 Å². The summed E-state index contributed by atoms with van der Waals surface area (Å²) in [7, 11) is 0. The molecule has 0 aliphatic carbocycles. The summed E-state index contributed by atoms with van der Waals surface area (Å²) >= 11 is 0.194. The zero-order chi connectivity index (χ0) is 5.58. The van der Waals surface area contributed by atoms with Gasteiger partial charge in [0.25, 0.3) is 0 Å². The van der Waals surface area contributed by atoms with Crippen molar-refractivity contribution in [2.24, 2.45) is 0 Å². The molecule has 0 atom stereocenters. The number of carbonyl (C=O) groups is 1. The van der Waals surface area contributed by atoms with E-state index in [1.54, 1.807) is 0 Å². The SMILES string of the molecule is O=C([O-])O.[O]=[Bi+]. The second-order valence-electron chi connectivity index (χ2n) is 0.266. The molecule has 0 aromatic rings. The first-order chi connectivity index (χ1) is 2.73. The van der Waals surface area contributed by atoms with Crippen LogP contribution in [-0.2, 0) is 2.81 Å². The zero-order valence-electron chi connectivity index (χ0n) is 2.62. The van der Waals surface area contributed by atoms with E-state index in [1.165, 1.54) is 0 Å². The molecule has 1 N–H and O–H groups in total. The van der Waals surface area contributed by atoms with E-state index >= 15 is 0 Å². The maximum atomic E-state index is 8.44. The van der Waals surface area contributed by atoms with Gasteiger partial charge < -0.3 is 15.0 Å². The van der Waals surface area contributed by atoms with Crippen molar-refractivity contribution in [2.75, 3.05) is 0 Å². The predicted molar refractivity (Wildman–Crippen MR) is 14.5 cm³/mol. The summed E-state index contributed by atoms with van der Waals surface area (Å²) in [6.45, 7) is 0. The van der Waals surface area contributed by atoms with Gasteiger partial charge in [0.2, 0.25) is 6.16 Å². The summed E-state index contributed by atoms with van der Waals surface area (Å²) in [6, 6.07) is 0. The normalized spacial score (nSPS) is 4.67. The van der Waals surface area contributed by atoms with Crippen molar-refractivity contribution in [3.8, 4) is 0 Å². The van der Waals surface area contributed by atoms with Crippen LogP contribution in [0.1, 0.15) is 0 Å². The first kappa shape index (κ1) is 9.35. The van der Waals surface area contributed by atoms with Gasteiger partial charge in [0.15, 0.2) is 0 Å². The summed E-state index contributed by atoms with van der Waals surface area (Å²) in [4.78, 5) is 8.44. The average Bonchev–Trinajstić information content (AvgIpc) is 1.41. The molecule has 0 aliphatic heterocycles.